The molecule has 0 saturated heterocycles. The topological polar surface area (TPSA) is 75.1 Å². The number of thiazole rings is 1. The Balaban J connectivity index is 1.70. The first-order chi connectivity index (χ1) is 11.2. The fraction of sp³-hybridized carbons (Fsp3) is 0.235. The molecule has 1 fully saturated rings. The van der Waals surface area contributed by atoms with Crippen molar-refractivity contribution in [2.75, 3.05) is 5.32 Å². The van der Waals surface area contributed by atoms with Crippen LogP contribution in [0.4, 0.5) is 5.82 Å². The molecule has 0 radical (unpaired) electrons. The van der Waals surface area contributed by atoms with Crippen LogP contribution in [-0.4, -0.2) is 26.6 Å². The van der Waals surface area contributed by atoms with Crippen molar-refractivity contribution in [2.24, 2.45) is 0 Å². The zero-order chi connectivity index (χ0) is 15.9. The monoisotopic (exact) mass is 325 g/mol. The Hall–Kier alpha value is -2.47. The van der Waals surface area contributed by atoms with E-state index in [0.717, 1.165) is 27.6 Å². The van der Waals surface area contributed by atoms with Crippen molar-refractivity contribution >= 4 is 33.9 Å². The lowest BCUT2D eigenvalue weighted by Crippen LogP contribution is -2.52. The van der Waals surface area contributed by atoms with Crippen LogP contribution in [0.15, 0.2) is 42.2 Å². The number of benzene rings is 1. The second-order valence-electron chi connectivity index (χ2n) is 5.86. The number of hydrogen-bond donors (Lipinski definition) is 2. The minimum Gasteiger partial charge on any atom is -0.480 e. The maximum atomic E-state index is 11.5. The van der Waals surface area contributed by atoms with E-state index in [-0.39, 0.29) is 0 Å². The third-order valence-corrected chi connectivity index (χ3v) is 5.24. The maximum Gasteiger partial charge on any atom is 0.329 e. The molecule has 0 spiro atoms. The van der Waals surface area contributed by atoms with Crippen molar-refractivity contribution < 1.29 is 9.90 Å². The van der Waals surface area contributed by atoms with Crippen LogP contribution >= 0.6 is 11.3 Å². The van der Waals surface area contributed by atoms with Crippen molar-refractivity contribution in [2.45, 2.75) is 24.8 Å². The van der Waals surface area contributed by atoms with Crippen LogP contribution in [0.1, 0.15) is 19.3 Å². The van der Waals surface area contributed by atoms with E-state index in [4.69, 9.17) is 0 Å². The highest BCUT2D eigenvalue weighted by Crippen LogP contribution is 2.36. The molecular formula is C17H15N3O2S. The molecule has 4 rings (SSSR count). The summed E-state index contributed by atoms with van der Waals surface area (Å²) in [5.74, 6) is -0.190. The Bertz CT molecular complexity index is 873. The molecule has 0 aliphatic heterocycles. The van der Waals surface area contributed by atoms with Crippen LogP contribution < -0.4 is 5.32 Å². The summed E-state index contributed by atoms with van der Waals surface area (Å²) in [7, 11) is 0. The molecule has 6 heteroatoms. The van der Waals surface area contributed by atoms with Crippen LogP contribution in [0.5, 0.6) is 0 Å². The Morgan fingerprint density at radius 3 is 2.74 bits per heavy atom. The molecule has 0 atom stereocenters. The fourth-order valence-electron chi connectivity index (χ4n) is 2.89. The molecule has 5 nitrogen and oxygen atoms in total. The number of hydrogen-bond acceptors (Lipinski definition) is 5. The number of carbonyl (C=O) groups is 1. The normalized spacial score (nSPS) is 16.0. The van der Waals surface area contributed by atoms with E-state index in [9.17, 15) is 9.90 Å². The second-order valence-corrected chi connectivity index (χ2v) is 6.75. The highest BCUT2D eigenvalue weighted by molar-refractivity contribution is 7.13. The smallest absolute Gasteiger partial charge is 0.329 e. The van der Waals surface area contributed by atoms with Crippen molar-refractivity contribution in [3.63, 3.8) is 0 Å². The summed E-state index contributed by atoms with van der Waals surface area (Å²) in [6.07, 6.45) is 5.84. The van der Waals surface area contributed by atoms with Crippen LogP contribution in [0.3, 0.4) is 0 Å². The van der Waals surface area contributed by atoms with Crippen molar-refractivity contribution in [1.82, 2.24) is 9.97 Å². The number of fused-ring (bicyclic) bond motifs is 1. The molecule has 1 saturated carbocycles. The van der Waals surface area contributed by atoms with E-state index >= 15 is 0 Å². The number of anilines is 1. The molecule has 0 bridgehead atoms. The summed E-state index contributed by atoms with van der Waals surface area (Å²) >= 11 is 1.60. The number of nitrogens with one attached hydrogen (secondary N) is 1. The lowest BCUT2D eigenvalue weighted by atomic mass is 9.77. The van der Waals surface area contributed by atoms with Gasteiger partial charge in [0.15, 0.2) is 0 Å². The molecule has 0 amide bonds. The molecule has 1 aromatic carbocycles. The van der Waals surface area contributed by atoms with Gasteiger partial charge in [0.1, 0.15) is 11.4 Å². The van der Waals surface area contributed by atoms with E-state index in [0.29, 0.717) is 18.7 Å². The van der Waals surface area contributed by atoms with Gasteiger partial charge in [0.05, 0.1) is 10.4 Å². The van der Waals surface area contributed by atoms with E-state index in [2.05, 4.69) is 27.4 Å². The van der Waals surface area contributed by atoms with Gasteiger partial charge in [0.2, 0.25) is 0 Å². The number of carboxylic acid groups (broad SMARTS) is 1. The summed E-state index contributed by atoms with van der Waals surface area (Å²) in [6.45, 7) is 0. The van der Waals surface area contributed by atoms with Gasteiger partial charge < -0.3 is 10.4 Å². The number of nitrogens with zero attached hydrogens (tertiary/aromatic N) is 2. The first-order valence-electron chi connectivity index (χ1n) is 7.47. The largest absolute Gasteiger partial charge is 0.480 e. The van der Waals surface area contributed by atoms with E-state index in [1.807, 2.05) is 23.8 Å². The van der Waals surface area contributed by atoms with Gasteiger partial charge in [-0.25, -0.2) is 9.78 Å². The van der Waals surface area contributed by atoms with Gasteiger partial charge in [-0.2, -0.15) is 0 Å². The lowest BCUT2D eigenvalue weighted by molar-refractivity contribution is -0.145. The van der Waals surface area contributed by atoms with E-state index in [1.54, 1.807) is 17.5 Å². The van der Waals surface area contributed by atoms with Crippen molar-refractivity contribution in [3.8, 4) is 10.4 Å². The van der Waals surface area contributed by atoms with Gasteiger partial charge in [-0.3, -0.25) is 4.98 Å². The van der Waals surface area contributed by atoms with Crippen LogP contribution in [0.25, 0.3) is 21.2 Å². The molecule has 3 aromatic rings. The second kappa shape index (κ2) is 5.31. The third kappa shape index (κ3) is 2.45. The van der Waals surface area contributed by atoms with Gasteiger partial charge in [0, 0.05) is 17.8 Å². The van der Waals surface area contributed by atoms with Gasteiger partial charge in [-0.1, -0.05) is 12.1 Å². The number of aliphatic carboxylic acids is 1. The van der Waals surface area contributed by atoms with E-state index < -0.39 is 11.5 Å². The standard InChI is InChI=1S/C17H15N3O2S/c21-16(22)17(4-1-5-17)20-15-7-13-6-11(14-9-18-10-23-14)2-3-12(13)8-19-15/h2-3,6-10H,1,4-5H2,(H,19,20)(H,21,22). The van der Waals surface area contributed by atoms with Crippen LogP contribution in [0.2, 0.25) is 0 Å². The Kier molecular flexibility index (Phi) is 3.27. The average Bonchev–Trinajstić information content (AvgIpc) is 3.04. The molecule has 2 N–H and O–H groups in total. The predicted molar refractivity (Wildman–Crippen MR) is 90.7 cm³/mol. The van der Waals surface area contributed by atoms with E-state index in [1.165, 1.54) is 0 Å². The number of rotatable bonds is 4. The summed E-state index contributed by atoms with van der Waals surface area (Å²) in [4.78, 5) is 21.1. The molecule has 116 valence electrons. The SMILES string of the molecule is O=C(O)C1(Nc2cc3cc(-c4cncs4)ccc3cn2)CCC1. The first-order valence-corrected chi connectivity index (χ1v) is 8.35. The van der Waals surface area contributed by atoms with Crippen molar-refractivity contribution in [1.29, 1.82) is 0 Å². The fourth-order valence-corrected chi connectivity index (χ4v) is 3.51. The Morgan fingerprint density at radius 1 is 1.22 bits per heavy atom. The Labute approximate surface area is 137 Å². The summed E-state index contributed by atoms with van der Waals surface area (Å²) < 4.78 is 0. The molecular weight excluding hydrogens is 310 g/mol. The molecule has 1 aliphatic carbocycles. The summed E-state index contributed by atoms with van der Waals surface area (Å²) in [5, 5.41) is 14.6. The molecule has 23 heavy (non-hydrogen) atoms. The highest BCUT2D eigenvalue weighted by Gasteiger charge is 2.44. The maximum absolute atomic E-state index is 11.5. The Morgan fingerprint density at radius 2 is 2.09 bits per heavy atom. The quantitative estimate of drug-likeness (QED) is 0.763. The third-order valence-electron chi connectivity index (χ3n) is 4.42. The number of aromatic nitrogens is 2. The van der Waals surface area contributed by atoms with Crippen LogP contribution in [-0.2, 0) is 4.79 Å². The highest BCUT2D eigenvalue weighted by atomic mass is 32.1. The molecule has 2 aromatic heterocycles. The molecule has 1 aliphatic rings. The average molecular weight is 325 g/mol. The minimum absolute atomic E-state index is 0.612. The number of carboxylic acids is 1. The van der Waals surface area contributed by atoms with Crippen molar-refractivity contribution in [3.05, 3.63) is 42.2 Å². The predicted octanol–water partition coefficient (Wildman–Crippen LogP) is 3.78. The summed E-state index contributed by atoms with van der Waals surface area (Å²) in [6, 6.07) is 8.08. The molecule has 0 unspecified atom stereocenters. The molecule has 2 heterocycles. The summed E-state index contributed by atoms with van der Waals surface area (Å²) in [5.41, 5.74) is 2.07. The van der Waals surface area contributed by atoms with Gasteiger partial charge >= 0.3 is 5.97 Å². The lowest BCUT2D eigenvalue weighted by Gasteiger charge is -2.38. The zero-order valence-electron chi connectivity index (χ0n) is 12.3. The number of pyridine rings is 1. The van der Waals surface area contributed by atoms with Gasteiger partial charge in [0.25, 0.3) is 0 Å². The van der Waals surface area contributed by atoms with Gasteiger partial charge in [-0.05, 0) is 42.3 Å². The van der Waals surface area contributed by atoms with Crippen LogP contribution in [0, 0.1) is 0 Å². The minimum atomic E-state index is -0.851. The zero-order valence-corrected chi connectivity index (χ0v) is 13.1. The van der Waals surface area contributed by atoms with Gasteiger partial charge in [-0.15, -0.1) is 11.3 Å². The first kappa shape index (κ1) is 14.1.